The first-order chi connectivity index (χ1) is 36.9. The monoisotopic (exact) mass is 961 g/mol. The lowest BCUT2D eigenvalue weighted by Gasteiger charge is -2.27. The molecule has 0 atom stereocenters. The van der Waals surface area contributed by atoms with Crippen molar-refractivity contribution in [2.75, 3.05) is 4.90 Å². The van der Waals surface area contributed by atoms with Crippen LogP contribution in [0, 0.1) is 20.8 Å². The Bertz CT molecular complexity index is 4010. The van der Waals surface area contributed by atoms with Gasteiger partial charge in [0.2, 0.25) is 0 Å². The fourth-order valence-electron chi connectivity index (χ4n) is 10.3. The molecule has 0 saturated carbocycles. The minimum atomic E-state index is 1.03. The lowest BCUT2D eigenvalue weighted by Crippen LogP contribution is -2.10. The van der Waals surface area contributed by atoms with Crippen LogP contribution in [-0.4, -0.2) is 0 Å². The Hall–Kier alpha value is -9.30. The molecule has 1 aliphatic rings. The van der Waals surface area contributed by atoms with Gasteiger partial charge in [0.15, 0.2) is 0 Å². The minimum Gasteiger partial charge on any atom is -0.310 e. The Labute approximate surface area is 442 Å². The van der Waals surface area contributed by atoms with E-state index in [1.807, 2.05) is 0 Å². The second-order valence-corrected chi connectivity index (χ2v) is 19.4. The van der Waals surface area contributed by atoms with Gasteiger partial charge in [-0.15, -0.1) is 0 Å². The van der Waals surface area contributed by atoms with E-state index in [-0.39, 0.29) is 0 Å². The quantitative estimate of drug-likeness (QED) is 0.144. The highest BCUT2D eigenvalue weighted by Gasteiger charge is 2.20. The van der Waals surface area contributed by atoms with E-state index in [2.05, 4.69) is 317 Å². The number of rotatable bonds is 7. The molecule has 0 unspecified atom stereocenters. The third kappa shape index (κ3) is 10.8. The topological polar surface area (TPSA) is 3.24 Å². The first kappa shape index (κ1) is 48.0. The third-order valence-corrected chi connectivity index (χ3v) is 14.1. The molecule has 0 spiro atoms. The van der Waals surface area contributed by atoms with E-state index >= 15 is 0 Å². The zero-order valence-electron chi connectivity index (χ0n) is 42.9. The summed E-state index contributed by atoms with van der Waals surface area (Å²) in [5.74, 6) is 0. The average molecular weight is 962 g/mol. The summed E-state index contributed by atoms with van der Waals surface area (Å²) in [6.45, 7) is 6.42. The van der Waals surface area contributed by atoms with Crippen LogP contribution in [-0.2, 0) is 0 Å². The first-order valence-electron chi connectivity index (χ1n) is 26.0. The first-order valence-corrected chi connectivity index (χ1v) is 26.0. The molecule has 0 radical (unpaired) electrons. The van der Waals surface area contributed by atoms with E-state index in [9.17, 15) is 0 Å². The molecule has 12 aromatic rings. The highest BCUT2D eigenvalue weighted by atomic mass is 15.1. The maximum absolute atomic E-state index is 2.41. The number of allylic oxidation sites excluding steroid dienone is 6. The number of anilines is 3. The normalized spacial score (nSPS) is 11.9. The van der Waals surface area contributed by atoms with Crippen LogP contribution in [0.5, 0.6) is 0 Å². The predicted octanol–water partition coefficient (Wildman–Crippen LogP) is 21.0. The van der Waals surface area contributed by atoms with E-state index in [1.54, 1.807) is 0 Å². The summed E-state index contributed by atoms with van der Waals surface area (Å²) in [6.07, 6.45) is 11.9. The molecule has 1 nitrogen and oxygen atoms in total. The summed E-state index contributed by atoms with van der Waals surface area (Å²) in [5, 5.41) is 10.1. The maximum atomic E-state index is 2.41. The zero-order valence-corrected chi connectivity index (χ0v) is 42.9. The van der Waals surface area contributed by atoms with Crippen LogP contribution >= 0.6 is 0 Å². The number of hydrogen-bond acceptors (Lipinski definition) is 1. The van der Waals surface area contributed by atoms with E-state index in [4.69, 9.17) is 0 Å². The van der Waals surface area contributed by atoms with Crippen LogP contribution in [0.15, 0.2) is 291 Å². The van der Waals surface area contributed by atoms with E-state index < -0.39 is 0 Å². The molecule has 13 rings (SSSR count). The molecular formula is C74H59N. The summed E-state index contributed by atoms with van der Waals surface area (Å²) in [7, 11) is 0. The summed E-state index contributed by atoms with van der Waals surface area (Å²) in [5.41, 5.74) is 17.2. The fraction of sp³-hybridized carbons (Fsp3) is 0.0541. The van der Waals surface area contributed by atoms with Gasteiger partial charge < -0.3 is 4.90 Å². The molecule has 360 valence electrons. The smallest absolute Gasteiger partial charge is 0.0468 e. The van der Waals surface area contributed by atoms with Crippen molar-refractivity contribution < 1.29 is 0 Å². The largest absolute Gasteiger partial charge is 0.310 e. The van der Waals surface area contributed by atoms with Crippen LogP contribution in [0.25, 0.3) is 82.0 Å². The molecular weight excluding hydrogens is 903 g/mol. The van der Waals surface area contributed by atoms with Crippen molar-refractivity contribution in [2.45, 2.75) is 27.2 Å². The molecule has 0 heterocycles. The van der Waals surface area contributed by atoms with Crippen molar-refractivity contribution in [3.63, 3.8) is 0 Å². The van der Waals surface area contributed by atoms with Crippen LogP contribution in [0.3, 0.4) is 0 Å². The molecule has 0 amide bonds. The fourth-order valence-corrected chi connectivity index (χ4v) is 10.3. The van der Waals surface area contributed by atoms with Crippen LogP contribution < -0.4 is 4.90 Å². The minimum absolute atomic E-state index is 1.03. The van der Waals surface area contributed by atoms with Crippen molar-refractivity contribution in [3.05, 3.63) is 313 Å². The lowest BCUT2D eigenvalue weighted by molar-refractivity contribution is 1.29. The van der Waals surface area contributed by atoms with Gasteiger partial charge in [-0.3, -0.25) is 0 Å². The van der Waals surface area contributed by atoms with Crippen molar-refractivity contribution in [1.29, 1.82) is 0 Å². The summed E-state index contributed by atoms with van der Waals surface area (Å²) < 4.78 is 0. The summed E-state index contributed by atoms with van der Waals surface area (Å²) in [4.78, 5) is 2.40. The highest BCUT2D eigenvalue weighted by Crippen LogP contribution is 2.47. The molecule has 0 N–H and O–H groups in total. The number of hydrogen-bond donors (Lipinski definition) is 0. The third-order valence-electron chi connectivity index (χ3n) is 14.1. The molecule has 1 aliphatic carbocycles. The molecule has 0 saturated heterocycles. The maximum Gasteiger partial charge on any atom is 0.0468 e. The van der Waals surface area contributed by atoms with Gasteiger partial charge in [0.1, 0.15) is 0 Å². The molecule has 12 aromatic carbocycles. The molecule has 0 aromatic heterocycles. The van der Waals surface area contributed by atoms with Crippen molar-refractivity contribution in [3.8, 4) is 33.4 Å². The molecule has 0 fully saturated rings. The van der Waals surface area contributed by atoms with E-state index in [1.165, 1.54) is 104 Å². The number of nitrogens with zero attached hydrogens (tertiary/aromatic N) is 1. The zero-order chi connectivity index (χ0) is 50.9. The van der Waals surface area contributed by atoms with Gasteiger partial charge in [-0.25, -0.2) is 0 Å². The number of fused-ring (bicyclic) bond motifs is 4. The van der Waals surface area contributed by atoms with E-state index in [0.29, 0.717) is 0 Å². The second-order valence-electron chi connectivity index (χ2n) is 19.4. The van der Waals surface area contributed by atoms with Gasteiger partial charge in [0, 0.05) is 17.1 Å². The van der Waals surface area contributed by atoms with Gasteiger partial charge in [-0.2, -0.15) is 0 Å². The molecule has 0 aliphatic heterocycles. The Morgan fingerprint density at radius 1 is 0.293 bits per heavy atom. The predicted molar refractivity (Wildman–Crippen MR) is 325 cm³/mol. The Kier molecular flexibility index (Phi) is 14.2. The molecule has 0 bridgehead atoms. The lowest BCUT2D eigenvalue weighted by atomic mass is 9.85. The van der Waals surface area contributed by atoms with Gasteiger partial charge in [-0.1, -0.05) is 272 Å². The van der Waals surface area contributed by atoms with Gasteiger partial charge in [0.25, 0.3) is 0 Å². The summed E-state index contributed by atoms with van der Waals surface area (Å²) in [6, 6.07) is 94.2. The number of benzene rings is 12. The van der Waals surface area contributed by atoms with Gasteiger partial charge in [0.05, 0.1) is 0 Å². The second kappa shape index (κ2) is 22.2. The molecule has 75 heavy (non-hydrogen) atoms. The van der Waals surface area contributed by atoms with Crippen LogP contribution in [0.2, 0.25) is 0 Å². The Morgan fingerprint density at radius 3 is 1.37 bits per heavy atom. The average Bonchev–Trinajstić information content (AvgIpc) is 3.79. The molecule has 1 heteroatoms. The number of aryl methyl sites for hydroxylation is 3. The van der Waals surface area contributed by atoms with Gasteiger partial charge in [-0.05, 0) is 151 Å². The van der Waals surface area contributed by atoms with Crippen molar-refractivity contribution in [2.24, 2.45) is 0 Å². The van der Waals surface area contributed by atoms with Crippen molar-refractivity contribution in [1.82, 2.24) is 0 Å². The standard InChI is InChI=1S/C49H35N.C14H14.C11H10/c1-34-21-29-44-46(31-34)48(38-16-7-3-8-17-38)45-30-28-43(33-47(45)49(44)39-18-9-4-10-19-39)50(42-27-24-36-15-11-12-20-40(36)32-42)41-25-22-37(23-26-41)35-13-5-2-6-14-35;1-12-8-10-14(11-9-12)13-6-4-2-3-5-7-13;1-9-6-7-10-4-2-3-5-11(10)8-9/h2-33H,1H3;2,4-11H,3H2,1H3;2-8H,1H3. The van der Waals surface area contributed by atoms with Crippen LogP contribution in [0.4, 0.5) is 17.1 Å². The SMILES string of the molecule is Cc1ccc(C2=CC=CCC=C2)cc1.Cc1ccc2c(-c3ccccc3)c3cc(N(c4ccc(-c5ccccc5)cc4)c4ccc5ccccc5c4)ccc3c(-c3ccccc3)c2c1.Cc1ccc2ccccc2c1. The van der Waals surface area contributed by atoms with Crippen LogP contribution in [0.1, 0.15) is 28.7 Å². The van der Waals surface area contributed by atoms with E-state index in [0.717, 1.165) is 23.5 Å². The summed E-state index contributed by atoms with van der Waals surface area (Å²) >= 11 is 0. The Balaban J connectivity index is 0.000000195. The Morgan fingerprint density at radius 2 is 0.733 bits per heavy atom. The van der Waals surface area contributed by atoms with Crippen molar-refractivity contribution >= 4 is 65.7 Å². The van der Waals surface area contributed by atoms with Gasteiger partial charge >= 0.3 is 0 Å². The highest BCUT2D eigenvalue weighted by molar-refractivity contribution is 6.22.